The van der Waals surface area contributed by atoms with Crippen LogP contribution in [0.25, 0.3) is 11.3 Å². The maximum absolute atomic E-state index is 12.9. The molecule has 1 N–H and O–H groups in total. The third kappa shape index (κ3) is 5.30. The van der Waals surface area contributed by atoms with E-state index in [9.17, 15) is 14.0 Å². The molecule has 1 amide bonds. The lowest BCUT2D eigenvalue weighted by molar-refractivity contribution is -0.142. The van der Waals surface area contributed by atoms with Gasteiger partial charge in [-0.05, 0) is 38.1 Å². The average Bonchev–Trinajstić information content (AvgIpc) is 2.93. The van der Waals surface area contributed by atoms with E-state index in [1.54, 1.807) is 31.4 Å². The Kier molecular flexibility index (Phi) is 5.59. The van der Waals surface area contributed by atoms with Crippen molar-refractivity contribution >= 4 is 28.3 Å². The lowest BCUT2D eigenvalue weighted by Gasteiger charge is -2.02. The molecule has 0 spiro atoms. The summed E-state index contributed by atoms with van der Waals surface area (Å²) >= 11 is 1.23. The summed E-state index contributed by atoms with van der Waals surface area (Å²) in [7, 11) is 0. The Bertz CT molecular complexity index is 734. The number of carbonyl (C=O) groups excluding carboxylic acids is 2. The molecule has 2 rings (SSSR count). The molecule has 0 saturated heterocycles. The number of nitrogens with zero attached hydrogens (tertiary/aromatic N) is 1. The first kappa shape index (κ1) is 16.8. The van der Waals surface area contributed by atoms with E-state index in [1.807, 2.05) is 0 Å². The fraction of sp³-hybridized carbons (Fsp3) is 0.188. The monoisotopic (exact) mass is 334 g/mol. The summed E-state index contributed by atoms with van der Waals surface area (Å²) in [5, 5.41) is 4.68. The number of rotatable bonds is 5. The summed E-state index contributed by atoms with van der Waals surface area (Å²) in [5.41, 5.74) is 2.17. The van der Waals surface area contributed by atoms with Gasteiger partial charge in [-0.1, -0.05) is 5.57 Å². The second-order valence-electron chi connectivity index (χ2n) is 4.92. The molecule has 0 radical (unpaired) electrons. The van der Waals surface area contributed by atoms with Crippen LogP contribution >= 0.6 is 11.3 Å². The number of ether oxygens (including phenoxy) is 1. The predicted molar refractivity (Wildman–Crippen MR) is 86.5 cm³/mol. The molecule has 0 fully saturated rings. The SMILES string of the molecule is CC(C)=CC(=O)OCC(=O)Nc1nc(-c2ccc(F)cc2)cs1. The number of carbonyl (C=O) groups is 2. The molecule has 0 aliphatic rings. The van der Waals surface area contributed by atoms with Crippen molar-refractivity contribution in [3.8, 4) is 11.3 Å². The number of thiazole rings is 1. The normalized spacial score (nSPS) is 10.0. The van der Waals surface area contributed by atoms with Crippen LogP contribution in [0.2, 0.25) is 0 Å². The van der Waals surface area contributed by atoms with Gasteiger partial charge in [-0.3, -0.25) is 10.1 Å². The van der Waals surface area contributed by atoms with Gasteiger partial charge in [0.05, 0.1) is 5.69 Å². The molecule has 0 aliphatic carbocycles. The van der Waals surface area contributed by atoms with Gasteiger partial charge in [0.1, 0.15) is 5.82 Å². The number of benzene rings is 1. The molecule has 2 aromatic rings. The van der Waals surface area contributed by atoms with E-state index in [0.717, 1.165) is 11.1 Å². The quantitative estimate of drug-likeness (QED) is 0.672. The minimum atomic E-state index is -0.564. The molecule has 1 heterocycles. The van der Waals surface area contributed by atoms with Gasteiger partial charge >= 0.3 is 5.97 Å². The van der Waals surface area contributed by atoms with Crippen molar-refractivity contribution in [3.05, 3.63) is 47.1 Å². The van der Waals surface area contributed by atoms with Crippen molar-refractivity contribution in [2.45, 2.75) is 13.8 Å². The number of halogens is 1. The Labute approximate surface area is 136 Å². The first-order chi connectivity index (χ1) is 10.9. The summed E-state index contributed by atoms with van der Waals surface area (Å²) in [6.07, 6.45) is 1.31. The van der Waals surface area contributed by atoms with Crippen molar-refractivity contribution in [1.82, 2.24) is 4.98 Å². The molecular weight excluding hydrogens is 319 g/mol. The zero-order valence-electron chi connectivity index (χ0n) is 12.6. The van der Waals surface area contributed by atoms with Gasteiger partial charge in [-0.25, -0.2) is 14.2 Å². The van der Waals surface area contributed by atoms with Crippen molar-refractivity contribution in [2.24, 2.45) is 0 Å². The van der Waals surface area contributed by atoms with E-state index in [0.29, 0.717) is 10.8 Å². The van der Waals surface area contributed by atoms with Crippen LogP contribution in [0, 0.1) is 5.82 Å². The smallest absolute Gasteiger partial charge is 0.331 e. The molecule has 5 nitrogen and oxygen atoms in total. The molecule has 1 aromatic heterocycles. The highest BCUT2D eigenvalue weighted by atomic mass is 32.1. The number of esters is 1. The second-order valence-corrected chi connectivity index (χ2v) is 5.78. The molecule has 1 aromatic carbocycles. The fourth-order valence-electron chi connectivity index (χ4n) is 1.65. The van der Waals surface area contributed by atoms with E-state index in [-0.39, 0.29) is 12.4 Å². The second kappa shape index (κ2) is 7.64. The summed E-state index contributed by atoms with van der Waals surface area (Å²) in [4.78, 5) is 27.2. The summed E-state index contributed by atoms with van der Waals surface area (Å²) in [5.74, 6) is -1.36. The molecule has 0 saturated carbocycles. The molecule has 120 valence electrons. The molecule has 23 heavy (non-hydrogen) atoms. The number of hydrogen-bond donors (Lipinski definition) is 1. The highest BCUT2D eigenvalue weighted by molar-refractivity contribution is 7.14. The Morgan fingerprint density at radius 1 is 1.30 bits per heavy atom. The van der Waals surface area contributed by atoms with Gasteiger partial charge in [-0.2, -0.15) is 0 Å². The summed E-state index contributed by atoms with van der Waals surface area (Å²) in [6, 6.07) is 5.90. The molecule has 0 aliphatic heterocycles. The maximum Gasteiger partial charge on any atom is 0.331 e. The van der Waals surface area contributed by atoms with Crippen molar-refractivity contribution < 1.29 is 18.7 Å². The van der Waals surface area contributed by atoms with Crippen molar-refractivity contribution in [1.29, 1.82) is 0 Å². The number of aromatic nitrogens is 1. The highest BCUT2D eigenvalue weighted by Gasteiger charge is 2.10. The lowest BCUT2D eigenvalue weighted by atomic mass is 10.2. The molecule has 0 bridgehead atoms. The standard InChI is InChI=1S/C16H15FN2O3S/c1-10(2)7-15(21)22-8-14(20)19-16-18-13(9-23-16)11-3-5-12(17)6-4-11/h3-7,9H,8H2,1-2H3,(H,18,19,20). The van der Waals surface area contributed by atoms with Gasteiger partial charge in [0.25, 0.3) is 5.91 Å². The Morgan fingerprint density at radius 3 is 2.65 bits per heavy atom. The van der Waals surface area contributed by atoms with E-state index in [2.05, 4.69) is 10.3 Å². The van der Waals surface area contributed by atoms with E-state index in [1.165, 1.54) is 29.5 Å². The maximum atomic E-state index is 12.9. The zero-order valence-corrected chi connectivity index (χ0v) is 13.4. The number of allylic oxidation sites excluding steroid dienone is 1. The van der Waals surface area contributed by atoms with Crippen LogP contribution in [-0.2, 0) is 14.3 Å². The molecule has 7 heteroatoms. The van der Waals surface area contributed by atoms with Crippen molar-refractivity contribution in [2.75, 3.05) is 11.9 Å². The summed E-state index contributed by atoms with van der Waals surface area (Å²) in [6.45, 7) is 3.13. The first-order valence-corrected chi connectivity index (χ1v) is 7.65. The van der Waals surface area contributed by atoms with Crippen molar-refractivity contribution in [3.63, 3.8) is 0 Å². The van der Waals surface area contributed by atoms with Gasteiger partial charge < -0.3 is 4.74 Å². The highest BCUT2D eigenvalue weighted by Crippen LogP contribution is 2.24. The van der Waals surface area contributed by atoms with Crippen LogP contribution in [0.5, 0.6) is 0 Å². The lowest BCUT2D eigenvalue weighted by Crippen LogP contribution is -2.20. The topological polar surface area (TPSA) is 68.3 Å². The molecule has 0 unspecified atom stereocenters. The Balaban J connectivity index is 1.91. The third-order valence-corrected chi connectivity index (χ3v) is 3.40. The Hall–Kier alpha value is -2.54. The zero-order chi connectivity index (χ0) is 16.8. The Morgan fingerprint density at radius 2 is 2.00 bits per heavy atom. The number of hydrogen-bond acceptors (Lipinski definition) is 5. The number of anilines is 1. The molecule has 0 atom stereocenters. The predicted octanol–water partition coefficient (Wildman–Crippen LogP) is 3.40. The van der Waals surface area contributed by atoms with Crippen LogP contribution in [-0.4, -0.2) is 23.5 Å². The number of amides is 1. The van der Waals surface area contributed by atoms with Gasteiger partial charge in [-0.15, -0.1) is 11.3 Å². The average molecular weight is 334 g/mol. The van der Waals surface area contributed by atoms with Crippen LogP contribution in [0.3, 0.4) is 0 Å². The third-order valence-electron chi connectivity index (χ3n) is 2.64. The number of nitrogens with one attached hydrogen (secondary N) is 1. The van der Waals surface area contributed by atoms with Gasteiger partial charge in [0.2, 0.25) is 0 Å². The van der Waals surface area contributed by atoms with E-state index >= 15 is 0 Å². The summed E-state index contributed by atoms with van der Waals surface area (Å²) < 4.78 is 17.7. The van der Waals surface area contributed by atoms with Crippen LogP contribution < -0.4 is 5.32 Å². The minimum absolute atomic E-state index is 0.323. The largest absolute Gasteiger partial charge is 0.452 e. The molecular formula is C16H15FN2O3S. The van der Waals surface area contributed by atoms with E-state index < -0.39 is 11.9 Å². The van der Waals surface area contributed by atoms with Crippen LogP contribution in [0.1, 0.15) is 13.8 Å². The first-order valence-electron chi connectivity index (χ1n) is 6.77. The van der Waals surface area contributed by atoms with Gasteiger partial charge in [0.15, 0.2) is 11.7 Å². The fourth-order valence-corrected chi connectivity index (χ4v) is 2.39. The van der Waals surface area contributed by atoms with Crippen LogP contribution in [0.15, 0.2) is 41.3 Å². The van der Waals surface area contributed by atoms with Crippen LogP contribution in [0.4, 0.5) is 9.52 Å². The van der Waals surface area contributed by atoms with E-state index in [4.69, 9.17) is 4.74 Å². The van der Waals surface area contributed by atoms with Gasteiger partial charge in [0, 0.05) is 17.0 Å². The minimum Gasteiger partial charge on any atom is -0.452 e.